The minimum atomic E-state index is 0.964. The average molecular weight is 148 g/mol. The van der Waals surface area contributed by atoms with Gasteiger partial charge in [-0.05, 0) is 25.5 Å². The van der Waals surface area contributed by atoms with E-state index in [0.29, 0.717) is 0 Å². The Bertz CT molecular complexity index is 282. The number of aromatic nitrogens is 1. The molecule has 1 heterocycles. The second kappa shape index (κ2) is 3.19. The second-order valence-electron chi connectivity index (χ2n) is 2.59. The molecule has 11 heavy (non-hydrogen) atoms. The van der Waals surface area contributed by atoms with Crippen molar-refractivity contribution < 1.29 is 0 Å². The topological polar surface area (TPSA) is 28.1 Å². The molecule has 0 aliphatic heterocycles. The maximum atomic E-state index is 4.21. The van der Waals surface area contributed by atoms with Crippen molar-refractivity contribution in [3.05, 3.63) is 30.1 Å². The van der Waals surface area contributed by atoms with Crippen LogP contribution in [0.3, 0.4) is 0 Å². The van der Waals surface area contributed by atoms with Crippen LogP contribution >= 0.6 is 0 Å². The molecule has 0 amide bonds. The Balaban J connectivity index is 2.79. The predicted molar refractivity (Wildman–Crippen MR) is 48.5 cm³/mol. The van der Waals surface area contributed by atoms with Crippen molar-refractivity contribution >= 4 is 11.9 Å². The van der Waals surface area contributed by atoms with Crippen molar-refractivity contribution in [1.29, 1.82) is 0 Å². The third kappa shape index (κ3) is 2.08. The molecule has 58 valence electrons. The molecule has 0 spiro atoms. The summed E-state index contributed by atoms with van der Waals surface area (Å²) in [5, 5.41) is 0. The number of H-pyrrole nitrogens is 1. The molecule has 1 rings (SSSR count). The van der Waals surface area contributed by atoms with Crippen molar-refractivity contribution in [3.8, 4) is 0 Å². The van der Waals surface area contributed by atoms with E-state index in [1.807, 2.05) is 26.1 Å². The number of rotatable bonds is 2. The van der Waals surface area contributed by atoms with Crippen molar-refractivity contribution in [3.63, 3.8) is 0 Å². The van der Waals surface area contributed by atoms with Crippen LogP contribution < -0.4 is 0 Å². The van der Waals surface area contributed by atoms with Gasteiger partial charge in [-0.25, -0.2) is 0 Å². The maximum absolute atomic E-state index is 4.21. The Labute approximate surface area is 66.7 Å². The molecule has 0 saturated heterocycles. The van der Waals surface area contributed by atoms with E-state index in [9.17, 15) is 0 Å². The zero-order valence-electron chi connectivity index (χ0n) is 6.89. The highest BCUT2D eigenvalue weighted by atomic mass is 14.8. The molecule has 0 aliphatic rings. The fraction of sp³-hybridized carbons (Fsp3) is 0.222. The molecule has 0 saturated carbocycles. The van der Waals surface area contributed by atoms with Crippen LogP contribution in [-0.4, -0.2) is 11.2 Å². The number of nitrogens with zero attached hydrogens (tertiary/aromatic N) is 1. The fourth-order valence-corrected chi connectivity index (χ4v) is 0.764. The molecule has 1 N–H and O–H groups in total. The van der Waals surface area contributed by atoms with Crippen LogP contribution in [0.1, 0.15) is 12.6 Å². The lowest BCUT2D eigenvalue weighted by Crippen LogP contribution is -1.73. The minimum Gasteiger partial charge on any atom is -0.363 e. The van der Waals surface area contributed by atoms with E-state index in [1.54, 1.807) is 6.21 Å². The van der Waals surface area contributed by atoms with Gasteiger partial charge in [0.05, 0.1) is 5.69 Å². The molecule has 0 aromatic carbocycles. The Morgan fingerprint density at radius 1 is 1.73 bits per heavy atom. The van der Waals surface area contributed by atoms with Crippen LogP contribution in [-0.2, 0) is 0 Å². The molecule has 0 radical (unpaired) electrons. The van der Waals surface area contributed by atoms with Crippen LogP contribution in [0.5, 0.6) is 0 Å². The summed E-state index contributed by atoms with van der Waals surface area (Å²) in [5.74, 6) is 0. The van der Waals surface area contributed by atoms with Crippen molar-refractivity contribution in [2.45, 2.75) is 13.8 Å². The third-order valence-electron chi connectivity index (χ3n) is 1.35. The van der Waals surface area contributed by atoms with E-state index in [-0.39, 0.29) is 0 Å². The van der Waals surface area contributed by atoms with Gasteiger partial charge in [0.2, 0.25) is 0 Å². The number of hydrogen-bond donors (Lipinski definition) is 1. The standard InChI is InChI=1S/C9H12N2/c1-7(2)6-11-9-4-5-10-8(9)3/h4-6,10H,1H2,2-3H3. The Hall–Kier alpha value is -1.31. The van der Waals surface area contributed by atoms with Gasteiger partial charge in [-0.2, -0.15) is 0 Å². The molecule has 0 atom stereocenters. The molecule has 0 aliphatic carbocycles. The van der Waals surface area contributed by atoms with Gasteiger partial charge < -0.3 is 4.98 Å². The number of hydrogen-bond acceptors (Lipinski definition) is 1. The second-order valence-corrected chi connectivity index (χ2v) is 2.59. The monoisotopic (exact) mass is 148 g/mol. The summed E-state index contributed by atoms with van der Waals surface area (Å²) in [6, 6.07) is 1.94. The van der Waals surface area contributed by atoms with E-state index in [1.165, 1.54) is 0 Å². The first-order valence-electron chi connectivity index (χ1n) is 3.53. The highest BCUT2D eigenvalue weighted by Gasteiger charge is 1.92. The zero-order valence-corrected chi connectivity index (χ0v) is 6.89. The first-order valence-corrected chi connectivity index (χ1v) is 3.53. The summed E-state index contributed by atoms with van der Waals surface area (Å²) >= 11 is 0. The lowest BCUT2D eigenvalue weighted by molar-refractivity contribution is 1.26. The third-order valence-corrected chi connectivity index (χ3v) is 1.35. The first-order chi connectivity index (χ1) is 5.20. The number of nitrogens with one attached hydrogen (secondary N) is 1. The quantitative estimate of drug-likeness (QED) is 0.624. The Morgan fingerprint density at radius 3 is 2.91 bits per heavy atom. The highest BCUT2D eigenvalue weighted by Crippen LogP contribution is 2.15. The van der Waals surface area contributed by atoms with Crippen LogP contribution in [0, 0.1) is 6.92 Å². The fourth-order valence-electron chi connectivity index (χ4n) is 0.764. The summed E-state index contributed by atoms with van der Waals surface area (Å²) in [6.07, 6.45) is 3.64. The Kier molecular flexibility index (Phi) is 2.26. The molecule has 1 aromatic heterocycles. The van der Waals surface area contributed by atoms with Crippen LogP contribution in [0.15, 0.2) is 29.4 Å². The smallest absolute Gasteiger partial charge is 0.0833 e. The number of allylic oxidation sites excluding steroid dienone is 1. The number of aromatic amines is 1. The lowest BCUT2D eigenvalue weighted by atomic mass is 10.3. The van der Waals surface area contributed by atoms with Gasteiger partial charge >= 0.3 is 0 Å². The normalized spacial score (nSPS) is 10.7. The number of aryl methyl sites for hydroxylation is 1. The summed E-state index contributed by atoms with van der Waals surface area (Å²) in [4.78, 5) is 7.26. The van der Waals surface area contributed by atoms with E-state index >= 15 is 0 Å². The average Bonchev–Trinajstić information content (AvgIpc) is 2.31. The summed E-state index contributed by atoms with van der Waals surface area (Å²) in [5.41, 5.74) is 3.03. The highest BCUT2D eigenvalue weighted by molar-refractivity contribution is 5.79. The van der Waals surface area contributed by atoms with Gasteiger partial charge in [-0.15, -0.1) is 0 Å². The van der Waals surface area contributed by atoms with Crippen molar-refractivity contribution in [2.75, 3.05) is 0 Å². The van der Waals surface area contributed by atoms with Crippen LogP contribution in [0.2, 0.25) is 0 Å². The van der Waals surface area contributed by atoms with E-state index in [0.717, 1.165) is 17.0 Å². The predicted octanol–water partition coefficient (Wildman–Crippen LogP) is 2.60. The maximum Gasteiger partial charge on any atom is 0.0833 e. The van der Waals surface area contributed by atoms with Crippen LogP contribution in [0.4, 0.5) is 5.69 Å². The van der Waals surface area contributed by atoms with Gasteiger partial charge in [-0.1, -0.05) is 6.58 Å². The van der Waals surface area contributed by atoms with Crippen LogP contribution in [0.25, 0.3) is 0 Å². The molecule has 0 fully saturated rings. The van der Waals surface area contributed by atoms with Gasteiger partial charge in [0.15, 0.2) is 0 Å². The van der Waals surface area contributed by atoms with Gasteiger partial charge in [0.25, 0.3) is 0 Å². The van der Waals surface area contributed by atoms with E-state index in [4.69, 9.17) is 0 Å². The van der Waals surface area contributed by atoms with Crippen molar-refractivity contribution in [1.82, 2.24) is 4.98 Å². The minimum absolute atomic E-state index is 0.964. The molecule has 2 heteroatoms. The molecule has 2 nitrogen and oxygen atoms in total. The number of aliphatic imine (C=N–C) groups is 1. The van der Waals surface area contributed by atoms with Gasteiger partial charge in [0, 0.05) is 18.1 Å². The van der Waals surface area contributed by atoms with Gasteiger partial charge in [-0.3, -0.25) is 4.99 Å². The molecule has 1 aromatic rings. The summed E-state index contributed by atoms with van der Waals surface area (Å²) in [6.45, 7) is 7.64. The summed E-state index contributed by atoms with van der Waals surface area (Å²) < 4.78 is 0. The molecular formula is C9H12N2. The lowest BCUT2D eigenvalue weighted by Gasteiger charge is -1.88. The SMILES string of the molecule is C=C(C)C=Nc1cc[nH]c1C. The van der Waals surface area contributed by atoms with Crippen molar-refractivity contribution in [2.24, 2.45) is 4.99 Å². The van der Waals surface area contributed by atoms with E-state index < -0.39 is 0 Å². The van der Waals surface area contributed by atoms with E-state index in [2.05, 4.69) is 16.6 Å². The summed E-state index contributed by atoms with van der Waals surface area (Å²) in [7, 11) is 0. The largest absolute Gasteiger partial charge is 0.363 e. The molecule has 0 bridgehead atoms. The van der Waals surface area contributed by atoms with Gasteiger partial charge in [0.1, 0.15) is 0 Å². The molecular weight excluding hydrogens is 136 g/mol. The molecule has 0 unspecified atom stereocenters. The zero-order chi connectivity index (χ0) is 8.27. The first kappa shape index (κ1) is 7.79. The Morgan fingerprint density at radius 2 is 2.45 bits per heavy atom.